The Hall–Kier alpha value is -1.89. The number of hydrogen-bond acceptors (Lipinski definition) is 4. The molecule has 0 saturated carbocycles. The molecule has 0 atom stereocenters. The quantitative estimate of drug-likeness (QED) is 0.517. The van der Waals surface area contributed by atoms with E-state index in [1.807, 2.05) is 12.1 Å². The van der Waals surface area contributed by atoms with Gasteiger partial charge in [0.2, 0.25) is 0 Å². The summed E-state index contributed by atoms with van der Waals surface area (Å²) in [6, 6.07) is 12.7. The number of rotatable bonds is 4. The van der Waals surface area contributed by atoms with E-state index in [1.165, 1.54) is 24.3 Å². The fourth-order valence-electron chi connectivity index (χ4n) is 1.43. The Balaban J connectivity index is 2.02. The molecular weight excluding hydrogens is 300 g/mol. The zero-order valence-electron chi connectivity index (χ0n) is 10.2. The third kappa shape index (κ3) is 4.06. The first-order valence-electron chi connectivity index (χ1n) is 5.57. The van der Waals surface area contributed by atoms with E-state index < -0.39 is 10.1 Å². The fraction of sp³-hybridized carbons (Fsp3) is 0. The van der Waals surface area contributed by atoms with Crippen LogP contribution in [0.4, 0.5) is 5.69 Å². The maximum atomic E-state index is 10.9. The van der Waals surface area contributed by atoms with Crippen molar-refractivity contribution in [2.45, 2.75) is 4.90 Å². The molecule has 0 aliphatic carbocycles. The van der Waals surface area contributed by atoms with Crippen molar-refractivity contribution in [1.29, 1.82) is 0 Å². The molecule has 2 N–H and O–H groups in total. The Bertz CT molecular complexity index is 710. The summed E-state index contributed by atoms with van der Waals surface area (Å²) < 4.78 is 30.6. The predicted octanol–water partition coefficient (Wildman–Crippen LogP) is 3.03. The molecule has 0 fully saturated rings. The number of anilines is 1. The molecule has 0 aliphatic rings. The van der Waals surface area contributed by atoms with Gasteiger partial charge in [-0.05, 0) is 42.0 Å². The monoisotopic (exact) mass is 310 g/mol. The summed E-state index contributed by atoms with van der Waals surface area (Å²) in [5.41, 5.74) is 4.22. The van der Waals surface area contributed by atoms with E-state index in [9.17, 15) is 8.42 Å². The molecule has 0 saturated heterocycles. The molecule has 5 nitrogen and oxygen atoms in total. The van der Waals surface area contributed by atoms with Crippen molar-refractivity contribution >= 4 is 33.6 Å². The molecule has 0 aliphatic heterocycles. The maximum Gasteiger partial charge on any atom is 0.294 e. The topological polar surface area (TPSA) is 78.8 Å². The number of nitrogens with one attached hydrogen (secondary N) is 1. The second-order valence-corrected chi connectivity index (χ2v) is 5.78. The second kappa shape index (κ2) is 6.04. The zero-order valence-corrected chi connectivity index (χ0v) is 11.8. The van der Waals surface area contributed by atoms with Crippen molar-refractivity contribution in [1.82, 2.24) is 0 Å². The lowest BCUT2D eigenvalue weighted by Crippen LogP contribution is -1.98. The van der Waals surface area contributed by atoms with Crippen LogP contribution in [-0.2, 0) is 10.1 Å². The lowest BCUT2D eigenvalue weighted by atomic mass is 10.2. The summed E-state index contributed by atoms with van der Waals surface area (Å²) >= 11 is 5.76. The molecule has 0 heterocycles. The van der Waals surface area contributed by atoms with Crippen molar-refractivity contribution < 1.29 is 13.0 Å². The van der Waals surface area contributed by atoms with Crippen LogP contribution in [0.1, 0.15) is 5.56 Å². The molecular formula is C13H11ClN2O3S. The Morgan fingerprint density at radius 2 is 1.65 bits per heavy atom. The molecule has 0 spiro atoms. The standard InChI is InChI=1S/C13H11ClN2O3S/c14-11-3-1-10(2-4-11)9-15-16-12-5-7-13(8-6-12)20(17,18)19/h1-9,16H,(H,17,18,19)/b15-9-. The van der Waals surface area contributed by atoms with Crippen molar-refractivity contribution in [3.05, 3.63) is 59.1 Å². The lowest BCUT2D eigenvalue weighted by Gasteiger charge is -2.01. The van der Waals surface area contributed by atoms with Gasteiger partial charge in [0.05, 0.1) is 16.8 Å². The molecule has 0 aromatic heterocycles. The van der Waals surface area contributed by atoms with Gasteiger partial charge in [-0.2, -0.15) is 13.5 Å². The lowest BCUT2D eigenvalue weighted by molar-refractivity contribution is 0.483. The number of hydrazone groups is 1. The smallest absolute Gasteiger partial charge is 0.282 e. The third-order valence-electron chi connectivity index (χ3n) is 2.43. The summed E-state index contributed by atoms with van der Waals surface area (Å²) in [7, 11) is -4.17. The highest BCUT2D eigenvalue weighted by Gasteiger charge is 2.07. The summed E-state index contributed by atoms with van der Waals surface area (Å²) in [5, 5.41) is 4.65. The SMILES string of the molecule is O=S(=O)(O)c1ccc(N/N=C\c2ccc(Cl)cc2)cc1. The minimum absolute atomic E-state index is 0.162. The van der Waals surface area contributed by atoms with Gasteiger partial charge in [-0.1, -0.05) is 23.7 Å². The number of halogens is 1. The fourth-order valence-corrected chi connectivity index (χ4v) is 2.04. The van der Waals surface area contributed by atoms with E-state index >= 15 is 0 Å². The van der Waals surface area contributed by atoms with E-state index in [2.05, 4.69) is 10.5 Å². The summed E-state index contributed by atoms with van der Waals surface area (Å²) in [4.78, 5) is -0.162. The Morgan fingerprint density at radius 3 is 2.20 bits per heavy atom. The highest BCUT2D eigenvalue weighted by molar-refractivity contribution is 7.85. The van der Waals surface area contributed by atoms with Gasteiger partial charge < -0.3 is 0 Å². The van der Waals surface area contributed by atoms with Crippen LogP contribution in [0.5, 0.6) is 0 Å². The van der Waals surface area contributed by atoms with Crippen molar-refractivity contribution in [3.63, 3.8) is 0 Å². The van der Waals surface area contributed by atoms with Crippen molar-refractivity contribution in [2.75, 3.05) is 5.43 Å². The molecule has 20 heavy (non-hydrogen) atoms. The molecule has 104 valence electrons. The van der Waals surface area contributed by atoms with Gasteiger partial charge in [0.25, 0.3) is 10.1 Å². The van der Waals surface area contributed by atoms with Crippen LogP contribution in [0.2, 0.25) is 5.02 Å². The normalized spacial score (nSPS) is 11.7. The van der Waals surface area contributed by atoms with Gasteiger partial charge in [0, 0.05) is 5.02 Å². The summed E-state index contributed by atoms with van der Waals surface area (Å²) in [6.45, 7) is 0. The number of nitrogens with zero attached hydrogens (tertiary/aromatic N) is 1. The van der Waals surface area contributed by atoms with Gasteiger partial charge >= 0.3 is 0 Å². The highest BCUT2D eigenvalue weighted by atomic mass is 35.5. The van der Waals surface area contributed by atoms with Crippen LogP contribution >= 0.6 is 11.6 Å². The first-order valence-corrected chi connectivity index (χ1v) is 7.39. The second-order valence-electron chi connectivity index (χ2n) is 3.92. The summed E-state index contributed by atoms with van der Waals surface area (Å²) in [6.07, 6.45) is 1.60. The molecule has 2 aromatic carbocycles. The van der Waals surface area contributed by atoms with Crippen LogP contribution in [-0.4, -0.2) is 19.2 Å². The molecule has 0 unspecified atom stereocenters. The summed E-state index contributed by atoms with van der Waals surface area (Å²) in [5.74, 6) is 0. The van der Waals surface area contributed by atoms with E-state index in [-0.39, 0.29) is 4.90 Å². The predicted molar refractivity (Wildman–Crippen MR) is 78.9 cm³/mol. The van der Waals surface area contributed by atoms with Gasteiger partial charge in [-0.3, -0.25) is 9.98 Å². The third-order valence-corrected chi connectivity index (χ3v) is 3.55. The number of hydrogen-bond donors (Lipinski definition) is 2. The van der Waals surface area contributed by atoms with Crippen LogP contribution in [0.3, 0.4) is 0 Å². The average Bonchev–Trinajstić information content (AvgIpc) is 2.41. The van der Waals surface area contributed by atoms with Gasteiger partial charge in [0.1, 0.15) is 0 Å². The maximum absolute atomic E-state index is 10.9. The minimum atomic E-state index is -4.17. The first-order chi connectivity index (χ1) is 9.45. The Morgan fingerprint density at radius 1 is 1.05 bits per heavy atom. The Labute approximate surface area is 121 Å². The van der Waals surface area contributed by atoms with Crippen molar-refractivity contribution in [2.24, 2.45) is 5.10 Å². The molecule has 0 radical (unpaired) electrons. The van der Waals surface area contributed by atoms with Crippen LogP contribution in [0.25, 0.3) is 0 Å². The van der Waals surface area contributed by atoms with Crippen LogP contribution < -0.4 is 5.43 Å². The molecule has 0 amide bonds. The van der Waals surface area contributed by atoms with E-state index in [4.69, 9.17) is 16.2 Å². The zero-order chi connectivity index (χ0) is 14.6. The van der Waals surface area contributed by atoms with E-state index in [1.54, 1.807) is 18.3 Å². The van der Waals surface area contributed by atoms with Gasteiger partial charge in [-0.15, -0.1) is 0 Å². The molecule has 7 heteroatoms. The minimum Gasteiger partial charge on any atom is -0.282 e. The largest absolute Gasteiger partial charge is 0.294 e. The average molecular weight is 311 g/mol. The molecule has 0 bridgehead atoms. The van der Waals surface area contributed by atoms with E-state index in [0.717, 1.165) is 5.56 Å². The van der Waals surface area contributed by atoms with E-state index in [0.29, 0.717) is 10.7 Å². The van der Waals surface area contributed by atoms with Crippen LogP contribution in [0.15, 0.2) is 58.5 Å². The van der Waals surface area contributed by atoms with Crippen molar-refractivity contribution in [3.8, 4) is 0 Å². The number of benzene rings is 2. The molecule has 2 aromatic rings. The highest BCUT2D eigenvalue weighted by Crippen LogP contribution is 2.13. The first kappa shape index (κ1) is 14.5. The van der Waals surface area contributed by atoms with Gasteiger partial charge in [-0.25, -0.2) is 0 Å². The Kier molecular flexibility index (Phi) is 4.39. The van der Waals surface area contributed by atoms with Gasteiger partial charge in [0.15, 0.2) is 0 Å². The van der Waals surface area contributed by atoms with Crippen LogP contribution in [0, 0.1) is 0 Å². The molecule has 2 rings (SSSR count).